The number of ether oxygens (including phenoxy) is 2. The molecule has 102 valence electrons. The number of carbonyl (C=O) groups is 1. The fourth-order valence-corrected chi connectivity index (χ4v) is 2.51. The van der Waals surface area contributed by atoms with Gasteiger partial charge >= 0.3 is 0 Å². The quantitative estimate of drug-likeness (QED) is 0.884. The van der Waals surface area contributed by atoms with Crippen LogP contribution in [-0.4, -0.2) is 20.1 Å². The van der Waals surface area contributed by atoms with Gasteiger partial charge in [-0.25, -0.2) is 0 Å². The summed E-state index contributed by atoms with van der Waals surface area (Å²) in [6.07, 6.45) is 3.48. The van der Waals surface area contributed by atoms with Crippen molar-refractivity contribution in [2.24, 2.45) is 5.73 Å². The highest BCUT2D eigenvalue weighted by atomic mass is 16.5. The maximum Gasteiger partial charge on any atom is 0.244 e. The SMILES string of the molecule is COc1cc(CC2=C(C(N)=O)CCC2)cc(OC)c1. The minimum absolute atomic E-state index is 0.289. The predicted molar refractivity (Wildman–Crippen MR) is 73.3 cm³/mol. The van der Waals surface area contributed by atoms with Crippen LogP contribution < -0.4 is 15.2 Å². The summed E-state index contributed by atoms with van der Waals surface area (Å²) in [5.41, 5.74) is 8.42. The molecule has 0 saturated heterocycles. The standard InChI is InChI=1S/C15H19NO3/c1-18-12-7-10(8-13(9-12)19-2)6-11-4-3-5-14(11)15(16)17/h7-9H,3-6H2,1-2H3,(H2,16,17). The highest BCUT2D eigenvalue weighted by molar-refractivity contribution is 5.93. The normalized spacial score (nSPS) is 14.6. The number of hydrogen-bond acceptors (Lipinski definition) is 3. The van der Waals surface area contributed by atoms with E-state index in [9.17, 15) is 4.79 Å². The molecular weight excluding hydrogens is 242 g/mol. The third-order valence-corrected chi connectivity index (χ3v) is 3.46. The van der Waals surface area contributed by atoms with Crippen molar-refractivity contribution in [2.75, 3.05) is 14.2 Å². The van der Waals surface area contributed by atoms with Crippen LogP contribution in [-0.2, 0) is 11.2 Å². The number of carbonyl (C=O) groups excluding carboxylic acids is 1. The van der Waals surface area contributed by atoms with Crippen LogP contribution >= 0.6 is 0 Å². The van der Waals surface area contributed by atoms with Gasteiger partial charge in [-0.1, -0.05) is 5.57 Å². The number of primary amides is 1. The van der Waals surface area contributed by atoms with Crippen molar-refractivity contribution in [2.45, 2.75) is 25.7 Å². The van der Waals surface area contributed by atoms with Gasteiger partial charge in [-0.15, -0.1) is 0 Å². The van der Waals surface area contributed by atoms with Gasteiger partial charge < -0.3 is 15.2 Å². The Morgan fingerprint density at radius 3 is 2.32 bits per heavy atom. The molecule has 0 bridgehead atoms. The van der Waals surface area contributed by atoms with Crippen molar-refractivity contribution in [1.29, 1.82) is 0 Å². The molecule has 1 amide bonds. The van der Waals surface area contributed by atoms with Crippen LogP contribution in [0.3, 0.4) is 0 Å². The zero-order valence-electron chi connectivity index (χ0n) is 11.4. The lowest BCUT2D eigenvalue weighted by Crippen LogP contribution is -2.14. The van der Waals surface area contributed by atoms with Crippen molar-refractivity contribution in [3.05, 3.63) is 34.9 Å². The van der Waals surface area contributed by atoms with E-state index in [0.717, 1.165) is 53.9 Å². The molecule has 0 radical (unpaired) electrons. The van der Waals surface area contributed by atoms with Gasteiger partial charge in [0.05, 0.1) is 14.2 Å². The molecule has 0 atom stereocenters. The number of nitrogens with two attached hydrogens (primary N) is 1. The van der Waals surface area contributed by atoms with E-state index in [1.807, 2.05) is 18.2 Å². The molecule has 0 aromatic heterocycles. The Labute approximate surface area is 113 Å². The highest BCUT2D eigenvalue weighted by Gasteiger charge is 2.19. The van der Waals surface area contributed by atoms with Gasteiger partial charge in [0.25, 0.3) is 0 Å². The first-order valence-corrected chi connectivity index (χ1v) is 6.36. The molecule has 4 nitrogen and oxygen atoms in total. The van der Waals surface area contributed by atoms with E-state index in [1.54, 1.807) is 14.2 Å². The Hall–Kier alpha value is -1.97. The van der Waals surface area contributed by atoms with Crippen LogP contribution in [0.5, 0.6) is 11.5 Å². The second-order valence-corrected chi connectivity index (χ2v) is 4.70. The molecule has 0 saturated carbocycles. The van der Waals surface area contributed by atoms with Gasteiger partial charge in [-0.2, -0.15) is 0 Å². The molecular formula is C15H19NO3. The highest BCUT2D eigenvalue weighted by Crippen LogP contribution is 2.31. The van der Waals surface area contributed by atoms with Crippen LogP contribution in [0, 0.1) is 0 Å². The lowest BCUT2D eigenvalue weighted by molar-refractivity contribution is -0.114. The Bertz CT molecular complexity index is 498. The molecule has 0 aliphatic heterocycles. The molecule has 0 unspecified atom stereocenters. The van der Waals surface area contributed by atoms with Gasteiger partial charge in [0, 0.05) is 11.6 Å². The smallest absolute Gasteiger partial charge is 0.244 e. The number of hydrogen-bond donors (Lipinski definition) is 1. The van der Waals surface area contributed by atoms with Crippen molar-refractivity contribution in [1.82, 2.24) is 0 Å². The fraction of sp³-hybridized carbons (Fsp3) is 0.400. The number of benzene rings is 1. The zero-order chi connectivity index (χ0) is 13.8. The molecule has 0 spiro atoms. The van der Waals surface area contributed by atoms with Crippen LogP contribution in [0.4, 0.5) is 0 Å². The maximum atomic E-state index is 11.4. The Morgan fingerprint density at radius 1 is 1.16 bits per heavy atom. The summed E-state index contributed by atoms with van der Waals surface area (Å²) in [6, 6.07) is 5.76. The summed E-state index contributed by atoms with van der Waals surface area (Å²) in [7, 11) is 3.25. The molecule has 0 fully saturated rings. The summed E-state index contributed by atoms with van der Waals surface area (Å²) in [6.45, 7) is 0. The zero-order valence-corrected chi connectivity index (χ0v) is 11.4. The first kappa shape index (κ1) is 13.5. The molecule has 0 heterocycles. The van der Waals surface area contributed by atoms with Crippen LogP contribution in [0.15, 0.2) is 29.3 Å². The summed E-state index contributed by atoms with van der Waals surface area (Å²) in [5, 5.41) is 0. The number of allylic oxidation sites excluding steroid dienone is 1. The Kier molecular flexibility index (Phi) is 4.10. The van der Waals surface area contributed by atoms with Gasteiger partial charge in [0.2, 0.25) is 5.91 Å². The van der Waals surface area contributed by atoms with Crippen LogP contribution in [0.2, 0.25) is 0 Å². The molecule has 19 heavy (non-hydrogen) atoms. The van der Waals surface area contributed by atoms with Crippen molar-refractivity contribution >= 4 is 5.91 Å². The number of amides is 1. The van der Waals surface area contributed by atoms with Crippen LogP contribution in [0.25, 0.3) is 0 Å². The topological polar surface area (TPSA) is 61.5 Å². The second-order valence-electron chi connectivity index (χ2n) is 4.70. The summed E-state index contributed by atoms with van der Waals surface area (Å²) < 4.78 is 10.5. The van der Waals surface area contributed by atoms with E-state index in [-0.39, 0.29) is 5.91 Å². The summed E-state index contributed by atoms with van der Waals surface area (Å²) in [5.74, 6) is 1.23. The monoisotopic (exact) mass is 261 g/mol. The number of rotatable bonds is 5. The maximum absolute atomic E-state index is 11.4. The molecule has 1 aromatic carbocycles. The van der Waals surface area contributed by atoms with E-state index >= 15 is 0 Å². The predicted octanol–water partition coefficient (Wildman–Crippen LogP) is 2.21. The molecule has 1 aliphatic carbocycles. The lowest BCUT2D eigenvalue weighted by atomic mass is 10.0. The van der Waals surface area contributed by atoms with Crippen molar-refractivity contribution in [3.63, 3.8) is 0 Å². The fourth-order valence-electron chi connectivity index (χ4n) is 2.51. The van der Waals surface area contributed by atoms with E-state index in [1.165, 1.54) is 0 Å². The Balaban J connectivity index is 2.28. The first-order chi connectivity index (χ1) is 9.13. The number of methoxy groups -OCH3 is 2. The average Bonchev–Trinajstić information content (AvgIpc) is 2.86. The first-order valence-electron chi connectivity index (χ1n) is 6.36. The minimum Gasteiger partial charge on any atom is -0.497 e. The van der Waals surface area contributed by atoms with Crippen LogP contribution in [0.1, 0.15) is 24.8 Å². The van der Waals surface area contributed by atoms with Crippen molar-refractivity contribution in [3.8, 4) is 11.5 Å². The van der Waals surface area contributed by atoms with Crippen molar-refractivity contribution < 1.29 is 14.3 Å². The summed E-state index contributed by atoms with van der Waals surface area (Å²) in [4.78, 5) is 11.4. The van der Waals surface area contributed by atoms with E-state index < -0.39 is 0 Å². The third-order valence-electron chi connectivity index (χ3n) is 3.46. The lowest BCUT2D eigenvalue weighted by Gasteiger charge is -2.10. The summed E-state index contributed by atoms with van der Waals surface area (Å²) >= 11 is 0. The third kappa shape index (κ3) is 3.08. The molecule has 2 rings (SSSR count). The average molecular weight is 261 g/mol. The van der Waals surface area contributed by atoms with E-state index in [2.05, 4.69) is 0 Å². The largest absolute Gasteiger partial charge is 0.497 e. The second kappa shape index (κ2) is 5.78. The van der Waals surface area contributed by atoms with Gasteiger partial charge in [0.15, 0.2) is 0 Å². The van der Waals surface area contributed by atoms with Gasteiger partial charge in [-0.05, 0) is 43.4 Å². The molecule has 1 aromatic rings. The molecule has 1 aliphatic rings. The van der Waals surface area contributed by atoms with Gasteiger partial charge in [-0.3, -0.25) is 4.79 Å². The Morgan fingerprint density at radius 2 is 1.79 bits per heavy atom. The van der Waals surface area contributed by atoms with E-state index in [4.69, 9.17) is 15.2 Å². The molecule has 2 N–H and O–H groups in total. The van der Waals surface area contributed by atoms with Gasteiger partial charge in [0.1, 0.15) is 11.5 Å². The van der Waals surface area contributed by atoms with E-state index in [0.29, 0.717) is 0 Å². The molecule has 4 heteroatoms. The minimum atomic E-state index is -0.289.